The van der Waals surface area contributed by atoms with Gasteiger partial charge in [-0.2, -0.15) is 0 Å². The predicted octanol–water partition coefficient (Wildman–Crippen LogP) is 3.98. The van der Waals surface area contributed by atoms with E-state index in [2.05, 4.69) is 19.2 Å². The first-order valence-electron chi connectivity index (χ1n) is 10.4. The second kappa shape index (κ2) is 7.82. The van der Waals surface area contributed by atoms with E-state index >= 15 is 0 Å². The summed E-state index contributed by atoms with van der Waals surface area (Å²) in [6, 6.07) is 12.0. The fourth-order valence-corrected chi connectivity index (χ4v) is 4.59. The maximum atomic E-state index is 12.9. The number of hydrogen-bond donors (Lipinski definition) is 1. The minimum atomic E-state index is -0.00108. The van der Waals surface area contributed by atoms with Crippen molar-refractivity contribution in [2.75, 3.05) is 0 Å². The molecule has 3 aromatic rings. The number of rotatable bonds is 5. The molecule has 1 aliphatic carbocycles. The molecule has 28 heavy (non-hydrogen) atoms. The molecule has 1 amide bonds. The molecule has 0 spiro atoms. The van der Waals surface area contributed by atoms with Crippen molar-refractivity contribution in [2.45, 2.75) is 58.5 Å². The van der Waals surface area contributed by atoms with E-state index in [1.165, 1.54) is 12.8 Å². The van der Waals surface area contributed by atoms with Gasteiger partial charge in [-0.05, 0) is 48.9 Å². The van der Waals surface area contributed by atoms with E-state index in [4.69, 9.17) is 0 Å². The highest BCUT2D eigenvalue weighted by Crippen LogP contribution is 2.29. The Balaban J connectivity index is 1.46. The Kier molecular flexibility index (Phi) is 5.25. The van der Waals surface area contributed by atoms with Crippen LogP contribution in [0.25, 0.3) is 16.6 Å². The number of carbonyl (C=O) groups is 1. The largest absolute Gasteiger partial charge is 0.353 e. The van der Waals surface area contributed by atoms with Crippen molar-refractivity contribution < 1.29 is 4.79 Å². The number of nitrogens with zero attached hydrogens (tertiary/aromatic N) is 2. The molecule has 1 fully saturated rings. The molecule has 0 radical (unpaired) electrons. The van der Waals surface area contributed by atoms with Crippen LogP contribution in [-0.4, -0.2) is 20.9 Å². The molecule has 1 aliphatic rings. The van der Waals surface area contributed by atoms with E-state index in [0.29, 0.717) is 36.7 Å². The van der Waals surface area contributed by atoms with Crippen LogP contribution < -0.4 is 10.9 Å². The summed E-state index contributed by atoms with van der Waals surface area (Å²) in [5.41, 5.74) is 2.59. The van der Waals surface area contributed by atoms with Gasteiger partial charge in [0.1, 0.15) is 5.52 Å². The molecule has 0 saturated heterocycles. The molecular weight excluding hydrogens is 350 g/mol. The molecule has 1 saturated carbocycles. The number of amides is 1. The molecule has 1 N–H and O–H groups in total. The smallest absolute Gasteiger partial charge is 0.275 e. The third kappa shape index (κ3) is 3.46. The highest BCUT2D eigenvalue weighted by atomic mass is 16.1. The molecule has 0 aliphatic heterocycles. The molecule has 1 aromatic carbocycles. The summed E-state index contributed by atoms with van der Waals surface area (Å²) in [7, 11) is 0. The van der Waals surface area contributed by atoms with Crippen molar-refractivity contribution in [1.82, 2.24) is 14.3 Å². The van der Waals surface area contributed by atoms with Crippen molar-refractivity contribution in [3.63, 3.8) is 0 Å². The molecule has 2 aromatic heterocycles. The molecule has 2 heterocycles. The van der Waals surface area contributed by atoms with Gasteiger partial charge in [0.25, 0.3) is 5.56 Å². The molecular formula is C23H29N3O2. The van der Waals surface area contributed by atoms with E-state index in [1.54, 1.807) is 0 Å². The lowest BCUT2D eigenvalue weighted by Crippen LogP contribution is -2.43. The first kappa shape index (κ1) is 18.8. The van der Waals surface area contributed by atoms with Crippen molar-refractivity contribution in [3.8, 4) is 0 Å². The third-order valence-corrected chi connectivity index (χ3v) is 6.48. The average Bonchev–Trinajstić information content (AvgIpc) is 3.18. The van der Waals surface area contributed by atoms with Crippen LogP contribution in [0.15, 0.2) is 47.4 Å². The van der Waals surface area contributed by atoms with Gasteiger partial charge in [0.15, 0.2) is 0 Å². The Morgan fingerprint density at radius 3 is 2.64 bits per heavy atom. The Morgan fingerprint density at radius 1 is 1.07 bits per heavy atom. The van der Waals surface area contributed by atoms with Gasteiger partial charge in [0.05, 0.1) is 11.0 Å². The van der Waals surface area contributed by atoms with E-state index in [-0.39, 0.29) is 17.5 Å². The summed E-state index contributed by atoms with van der Waals surface area (Å²) in [4.78, 5) is 25.4. The van der Waals surface area contributed by atoms with Crippen LogP contribution in [-0.2, 0) is 11.3 Å². The summed E-state index contributed by atoms with van der Waals surface area (Å²) < 4.78 is 3.75. The van der Waals surface area contributed by atoms with Crippen LogP contribution in [0, 0.1) is 11.8 Å². The van der Waals surface area contributed by atoms with Crippen LogP contribution >= 0.6 is 0 Å². The summed E-state index contributed by atoms with van der Waals surface area (Å²) in [5, 5.41) is 3.23. The van der Waals surface area contributed by atoms with Crippen LogP contribution in [0.4, 0.5) is 0 Å². The topological polar surface area (TPSA) is 55.5 Å². The van der Waals surface area contributed by atoms with Gasteiger partial charge >= 0.3 is 0 Å². The highest BCUT2D eigenvalue weighted by Gasteiger charge is 2.27. The number of benzene rings is 1. The molecule has 3 atom stereocenters. The van der Waals surface area contributed by atoms with Gasteiger partial charge < -0.3 is 14.3 Å². The van der Waals surface area contributed by atoms with Crippen LogP contribution in [0.5, 0.6) is 0 Å². The van der Waals surface area contributed by atoms with Gasteiger partial charge in [-0.1, -0.05) is 38.8 Å². The Labute approximate surface area is 165 Å². The quantitative estimate of drug-likeness (QED) is 0.729. The predicted molar refractivity (Wildman–Crippen MR) is 113 cm³/mol. The zero-order valence-corrected chi connectivity index (χ0v) is 16.7. The number of hydrogen-bond acceptors (Lipinski definition) is 2. The minimum absolute atomic E-state index is 0.00108. The molecule has 5 heteroatoms. The Morgan fingerprint density at radius 2 is 1.82 bits per heavy atom. The van der Waals surface area contributed by atoms with Gasteiger partial charge in [-0.25, -0.2) is 0 Å². The van der Waals surface area contributed by atoms with E-state index in [0.717, 1.165) is 17.5 Å². The van der Waals surface area contributed by atoms with Gasteiger partial charge in [0, 0.05) is 25.2 Å². The number of fused-ring (bicyclic) bond motifs is 3. The number of para-hydroxylation sites is 2. The van der Waals surface area contributed by atoms with Crippen molar-refractivity contribution in [1.29, 1.82) is 0 Å². The molecule has 0 unspecified atom stereocenters. The summed E-state index contributed by atoms with van der Waals surface area (Å²) >= 11 is 0. The minimum Gasteiger partial charge on any atom is -0.353 e. The molecule has 148 valence electrons. The molecule has 5 nitrogen and oxygen atoms in total. The van der Waals surface area contributed by atoms with Crippen molar-refractivity contribution in [3.05, 3.63) is 52.9 Å². The lowest BCUT2D eigenvalue weighted by atomic mass is 9.78. The van der Waals surface area contributed by atoms with Crippen LogP contribution in [0.2, 0.25) is 0 Å². The van der Waals surface area contributed by atoms with E-state index in [1.807, 2.05) is 51.6 Å². The summed E-state index contributed by atoms with van der Waals surface area (Å²) in [5.74, 6) is 1.30. The van der Waals surface area contributed by atoms with Crippen molar-refractivity contribution in [2.24, 2.45) is 11.8 Å². The number of nitrogens with one attached hydrogen (secondary N) is 1. The SMILES string of the molecule is C[C@H]1[C@H](C)CCC[C@@H]1NC(=O)CCCn1c(=O)c2cccn2c2ccccc21. The summed E-state index contributed by atoms with van der Waals surface area (Å²) in [6.07, 6.45) is 6.55. The average molecular weight is 380 g/mol. The molecule has 4 rings (SSSR count). The summed E-state index contributed by atoms with van der Waals surface area (Å²) in [6.45, 7) is 5.07. The lowest BCUT2D eigenvalue weighted by molar-refractivity contribution is -0.122. The molecule has 0 bridgehead atoms. The lowest BCUT2D eigenvalue weighted by Gasteiger charge is -2.34. The number of aromatic nitrogens is 2. The number of aryl methyl sites for hydroxylation is 1. The van der Waals surface area contributed by atoms with Gasteiger partial charge in [-0.3, -0.25) is 9.59 Å². The number of carbonyl (C=O) groups excluding carboxylic acids is 1. The first-order valence-corrected chi connectivity index (χ1v) is 10.4. The van der Waals surface area contributed by atoms with Gasteiger partial charge in [0.2, 0.25) is 5.91 Å². The Bertz CT molecular complexity index is 1050. The second-order valence-electron chi connectivity index (χ2n) is 8.25. The monoisotopic (exact) mass is 379 g/mol. The maximum absolute atomic E-state index is 12.9. The fourth-order valence-electron chi connectivity index (χ4n) is 4.59. The van der Waals surface area contributed by atoms with E-state index in [9.17, 15) is 9.59 Å². The maximum Gasteiger partial charge on any atom is 0.275 e. The van der Waals surface area contributed by atoms with Gasteiger partial charge in [-0.15, -0.1) is 0 Å². The van der Waals surface area contributed by atoms with Crippen LogP contribution in [0.1, 0.15) is 46.0 Å². The highest BCUT2D eigenvalue weighted by molar-refractivity contribution is 5.79. The zero-order valence-electron chi connectivity index (χ0n) is 16.7. The second-order valence-corrected chi connectivity index (χ2v) is 8.25. The standard InChI is InChI=1S/C23H29N3O2/c1-16-8-5-9-18(17(16)2)24-22(27)13-7-15-26-20-11-4-3-10-19(20)25-14-6-12-21(25)23(26)28/h3-4,6,10-12,14,16-18H,5,7-9,13,15H2,1-2H3,(H,24,27)/t16-,17+,18+/m1/s1. The normalized spacial score (nSPS) is 22.6. The van der Waals surface area contributed by atoms with E-state index < -0.39 is 0 Å². The van der Waals surface area contributed by atoms with Crippen LogP contribution in [0.3, 0.4) is 0 Å². The first-order chi connectivity index (χ1) is 13.6. The van der Waals surface area contributed by atoms with Crippen molar-refractivity contribution >= 4 is 22.5 Å². The third-order valence-electron chi connectivity index (χ3n) is 6.48. The zero-order chi connectivity index (χ0) is 19.7. The Hall–Kier alpha value is -2.56. The fraction of sp³-hybridized carbons (Fsp3) is 0.478.